The van der Waals surface area contributed by atoms with Crippen LogP contribution in [0.1, 0.15) is 22.1 Å². The second-order valence-corrected chi connectivity index (χ2v) is 4.31. The number of rotatable bonds is 5. The predicted molar refractivity (Wildman–Crippen MR) is 68.2 cm³/mol. The molecule has 6 nitrogen and oxygen atoms in total. The van der Waals surface area contributed by atoms with Crippen LogP contribution in [0.25, 0.3) is 0 Å². The third-order valence-electron chi connectivity index (χ3n) is 2.51. The van der Waals surface area contributed by atoms with E-state index in [-0.39, 0.29) is 23.7 Å². The Morgan fingerprint density at radius 3 is 2.73 bits per heavy atom. The van der Waals surface area contributed by atoms with Gasteiger partial charge in [-0.1, -0.05) is 17.3 Å². The summed E-state index contributed by atoms with van der Waals surface area (Å²) in [7, 11) is 0. The lowest BCUT2D eigenvalue weighted by atomic mass is 10.2. The summed E-state index contributed by atoms with van der Waals surface area (Å²) in [5, 5.41) is 5.40. The molecule has 0 aliphatic heterocycles. The molecule has 9 heteroatoms. The van der Waals surface area contributed by atoms with Crippen molar-refractivity contribution in [1.29, 1.82) is 0 Å². The third-order valence-corrected chi connectivity index (χ3v) is 2.51. The van der Waals surface area contributed by atoms with Crippen molar-refractivity contribution in [3.8, 4) is 5.75 Å². The molecule has 0 saturated heterocycles. The van der Waals surface area contributed by atoms with Gasteiger partial charge < -0.3 is 14.6 Å². The van der Waals surface area contributed by atoms with Crippen molar-refractivity contribution in [2.45, 2.75) is 19.7 Å². The highest BCUT2D eigenvalue weighted by Gasteiger charge is 2.28. The van der Waals surface area contributed by atoms with Gasteiger partial charge in [0.2, 0.25) is 11.7 Å². The zero-order valence-electron chi connectivity index (χ0n) is 11.5. The molecule has 0 aliphatic rings. The molecule has 0 spiro atoms. The molecule has 0 bridgehead atoms. The highest BCUT2D eigenvalue weighted by Crippen LogP contribution is 2.20. The van der Waals surface area contributed by atoms with Crippen molar-refractivity contribution in [1.82, 2.24) is 15.5 Å². The lowest BCUT2D eigenvalue weighted by Crippen LogP contribution is -2.33. The Hall–Kier alpha value is -2.58. The number of carbonyl (C=O) groups excluding carboxylic acids is 1. The lowest BCUT2D eigenvalue weighted by molar-refractivity contribution is -0.123. The average molecular weight is 315 g/mol. The van der Waals surface area contributed by atoms with E-state index in [1.165, 1.54) is 18.2 Å². The first kappa shape index (κ1) is 15.8. The molecule has 0 unspecified atom stereocenters. The normalized spacial score (nSPS) is 11.3. The molecule has 2 rings (SSSR count). The van der Waals surface area contributed by atoms with Crippen molar-refractivity contribution in [2.75, 3.05) is 6.54 Å². The third kappa shape index (κ3) is 4.47. The standard InChI is InChI=1S/C13H12F3N3O3/c1-8-18-11(19-22-8)6-21-10-5-3-2-4-9(10)12(20)17-7-13(14,15)16/h2-5H,6-7H2,1H3,(H,17,20). The smallest absolute Gasteiger partial charge is 0.405 e. The molecule has 1 aromatic heterocycles. The van der Waals surface area contributed by atoms with Gasteiger partial charge in [-0.15, -0.1) is 0 Å². The van der Waals surface area contributed by atoms with Crippen LogP contribution in [0.2, 0.25) is 0 Å². The van der Waals surface area contributed by atoms with Crippen LogP contribution in [0.4, 0.5) is 13.2 Å². The van der Waals surface area contributed by atoms with Crippen LogP contribution >= 0.6 is 0 Å². The minimum Gasteiger partial charge on any atom is -0.485 e. The molecular formula is C13H12F3N3O3. The van der Waals surface area contributed by atoms with Crippen LogP contribution in [0.3, 0.4) is 0 Å². The second-order valence-electron chi connectivity index (χ2n) is 4.31. The maximum absolute atomic E-state index is 12.1. The number of halogens is 3. The first-order valence-electron chi connectivity index (χ1n) is 6.21. The van der Waals surface area contributed by atoms with Gasteiger partial charge in [-0.25, -0.2) is 0 Å². The van der Waals surface area contributed by atoms with Crippen molar-refractivity contribution >= 4 is 5.91 Å². The molecule has 0 aliphatic carbocycles. The van der Waals surface area contributed by atoms with Gasteiger partial charge in [0.15, 0.2) is 6.61 Å². The summed E-state index contributed by atoms with van der Waals surface area (Å²) in [6, 6.07) is 5.95. The summed E-state index contributed by atoms with van der Waals surface area (Å²) in [6.07, 6.45) is -4.48. The van der Waals surface area contributed by atoms with E-state index in [4.69, 9.17) is 9.26 Å². The van der Waals surface area contributed by atoms with Crippen molar-refractivity contribution < 1.29 is 27.2 Å². The first-order valence-corrected chi connectivity index (χ1v) is 6.21. The number of amides is 1. The number of para-hydroxylation sites is 1. The number of benzene rings is 1. The Morgan fingerprint density at radius 1 is 1.36 bits per heavy atom. The number of ether oxygens (including phenoxy) is 1. The van der Waals surface area contributed by atoms with Crippen LogP contribution in [-0.4, -0.2) is 28.8 Å². The van der Waals surface area contributed by atoms with Gasteiger partial charge in [0.25, 0.3) is 5.91 Å². The minimum atomic E-state index is -4.48. The van der Waals surface area contributed by atoms with Crippen molar-refractivity contribution in [3.05, 3.63) is 41.5 Å². The number of carbonyl (C=O) groups is 1. The number of aryl methyl sites for hydroxylation is 1. The maximum Gasteiger partial charge on any atom is 0.405 e. The summed E-state index contributed by atoms with van der Waals surface area (Å²) < 4.78 is 46.5. The summed E-state index contributed by atoms with van der Waals surface area (Å²) in [5.74, 6) is -0.125. The molecule has 0 radical (unpaired) electrons. The maximum atomic E-state index is 12.1. The number of nitrogens with one attached hydrogen (secondary N) is 1. The molecule has 1 heterocycles. The summed E-state index contributed by atoms with van der Waals surface area (Å²) in [4.78, 5) is 15.7. The molecule has 0 atom stereocenters. The molecule has 2 aromatic rings. The topological polar surface area (TPSA) is 77.2 Å². The first-order chi connectivity index (χ1) is 10.3. The van der Waals surface area contributed by atoms with E-state index in [2.05, 4.69) is 10.1 Å². The van der Waals surface area contributed by atoms with E-state index < -0.39 is 18.6 Å². The molecule has 1 aromatic carbocycles. The molecule has 1 N–H and O–H groups in total. The van der Waals surface area contributed by atoms with Crippen molar-refractivity contribution in [2.24, 2.45) is 0 Å². The Morgan fingerprint density at radius 2 is 2.09 bits per heavy atom. The summed E-state index contributed by atoms with van der Waals surface area (Å²) >= 11 is 0. The van der Waals surface area contributed by atoms with E-state index in [1.54, 1.807) is 18.3 Å². The van der Waals surface area contributed by atoms with Crippen LogP contribution < -0.4 is 10.1 Å². The van der Waals surface area contributed by atoms with Gasteiger partial charge >= 0.3 is 6.18 Å². The summed E-state index contributed by atoms with van der Waals surface area (Å²) in [6.45, 7) is 0.125. The SMILES string of the molecule is Cc1nc(COc2ccccc2C(=O)NCC(F)(F)F)no1. The van der Waals surface area contributed by atoms with Crippen molar-refractivity contribution in [3.63, 3.8) is 0 Å². The molecule has 22 heavy (non-hydrogen) atoms. The molecule has 0 fully saturated rings. The quantitative estimate of drug-likeness (QED) is 0.915. The van der Waals surface area contributed by atoms with Crippen LogP contribution in [0.15, 0.2) is 28.8 Å². The Labute approximate surface area is 123 Å². The minimum absolute atomic E-state index is 0.00744. The zero-order chi connectivity index (χ0) is 16.2. The van der Waals surface area contributed by atoms with Gasteiger partial charge in [-0.3, -0.25) is 4.79 Å². The Kier molecular flexibility index (Phi) is 4.64. The number of nitrogens with zero attached hydrogens (tertiary/aromatic N) is 2. The zero-order valence-corrected chi connectivity index (χ0v) is 11.5. The fraction of sp³-hybridized carbons (Fsp3) is 0.308. The lowest BCUT2D eigenvalue weighted by Gasteiger charge is -2.11. The average Bonchev–Trinajstić information content (AvgIpc) is 2.88. The highest BCUT2D eigenvalue weighted by molar-refractivity contribution is 5.96. The predicted octanol–water partition coefficient (Wildman–Crippen LogP) is 2.25. The molecule has 118 valence electrons. The fourth-order valence-electron chi connectivity index (χ4n) is 1.60. The molecular weight excluding hydrogens is 303 g/mol. The van der Waals surface area contributed by atoms with Gasteiger partial charge in [0.05, 0.1) is 5.56 Å². The molecule has 1 amide bonds. The van der Waals surface area contributed by atoms with E-state index in [9.17, 15) is 18.0 Å². The van der Waals surface area contributed by atoms with Crippen LogP contribution in [0, 0.1) is 6.92 Å². The van der Waals surface area contributed by atoms with E-state index >= 15 is 0 Å². The molecule has 0 saturated carbocycles. The number of alkyl halides is 3. The van der Waals surface area contributed by atoms with Gasteiger partial charge in [0, 0.05) is 6.92 Å². The van der Waals surface area contributed by atoms with E-state index in [0.29, 0.717) is 5.89 Å². The highest BCUT2D eigenvalue weighted by atomic mass is 19.4. The van der Waals surface area contributed by atoms with Gasteiger partial charge in [-0.05, 0) is 12.1 Å². The van der Waals surface area contributed by atoms with E-state index in [0.717, 1.165) is 0 Å². The number of hydrogen-bond donors (Lipinski definition) is 1. The van der Waals surface area contributed by atoms with Crippen LogP contribution in [0.5, 0.6) is 5.75 Å². The largest absolute Gasteiger partial charge is 0.485 e. The number of hydrogen-bond acceptors (Lipinski definition) is 5. The van der Waals surface area contributed by atoms with Crippen LogP contribution in [-0.2, 0) is 6.61 Å². The Bertz CT molecular complexity index is 655. The van der Waals surface area contributed by atoms with Gasteiger partial charge in [0.1, 0.15) is 12.3 Å². The van der Waals surface area contributed by atoms with E-state index in [1.807, 2.05) is 0 Å². The fourth-order valence-corrected chi connectivity index (χ4v) is 1.60. The monoisotopic (exact) mass is 315 g/mol. The van der Waals surface area contributed by atoms with Gasteiger partial charge in [-0.2, -0.15) is 18.2 Å². The second kappa shape index (κ2) is 6.46. The summed E-state index contributed by atoms with van der Waals surface area (Å²) in [5.41, 5.74) is -0.00744. The Balaban J connectivity index is 2.04. The number of aromatic nitrogens is 2.